The summed E-state index contributed by atoms with van der Waals surface area (Å²) in [5.41, 5.74) is 7.54. The van der Waals surface area contributed by atoms with Crippen molar-refractivity contribution in [3.63, 3.8) is 0 Å². The quantitative estimate of drug-likeness (QED) is 0.763. The van der Waals surface area contributed by atoms with Gasteiger partial charge in [-0.15, -0.1) is 0 Å². The van der Waals surface area contributed by atoms with Crippen molar-refractivity contribution in [3.05, 3.63) is 29.8 Å². The van der Waals surface area contributed by atoms with Crippen LogP contribution in [0, 0.1) is 0 Å². The van der Waals surface area contributed by atoms with Crippen LogP contribution >= 0.6 is 0 Å². The van der Waals surface area contributed by atoms with Gasteiger partial charge in [-0.25, -0.2) is 0 Å². The predicted octanol–water partition coefficient (Wildman–Crippen LogP) is -0.00720. The van der Waals surface area contributed by atoms with Gasteiger partial charge in [0.2, 0.25) is 11.8 Å². The van der Waals surface area contributed by atoms with E-state index in [4.69, 9.17) is 5.73 Å². The molecule has 0 spiro atoms. The van der Waals surface area contributed by atoms with Gasteiger partial charge in [-0.3, -0.25) is 14.5 Å². The molecule has 0 bridgehead atoms. The van der Waals surface area contributed by atoms with Crippen molar-refractivity contribution in [3.8, 4) is 0 Å². The number of amides is 2. The van der Waals surface area contributed by atoms with E-state index in [1.807, 2.05) is 24.3 Å². The molecule has 1 aromatic rings. The van der Waals surface area contributed by atoms with E-state index in [1.165, 1.54) is 11.9 Å². The summed E-state index contributed by atoms with van der Waals surface area (Å²) in [6.45, 7) is 1.08. The van der Waals surface area contributed by atoms with E-state index >= 15 is 0 Å². The van der Waals surface area contributed by atoms with Crippen LogP contribution in [0.1, 0.15) is 5.56 Å². The van der Waals surface area contributed by atoms with Crippen molar-refractivity contribution >= 4 is 17.5 Å². The number of carbonyl (C=O) groups excluding carboxylic acids is 2. The van der Waals surface area contributed by atoms with E-state index in [0.29, 0.717) is 6.54 Å². The molecule has 96 valence electrons. The number of nitrogens with zero attached hydrogens (tertiary/aromatic N) is 2. The van der Waals surface area contributed by atoms with Gasteiger partial charge in [0.25, 0.3) is 0 Å². The molecule has 1 aliphatic rings. The summed E-state index contributed by atoms with van der Waals surface area (Å²) in [4.78, 5) is 26.3. The van der Waals surface area contributed by atoms with Gasteiger partial charge in [0.15, 0.2) is 0 Å². The minimum absolute atomic E-state index is 0.171. The minimum Gasteiger partial charge on any atom is -0.353 e. The highest BCUT2D eigenvalue weighted by Crippen LogP contribution is 2.18. The molecule has 0 radical (unpaired) electrons. The van der Waals surface area contributed by atoms with Gasteiger partial charge in [0.1, 0.15) is 0 Å². The highest BCUT2D eigenvalue weighted by atomic mass is 16.2. The van der Waals surface area contributed by atoms with Gasteiger partial charge in [-0.2, -0.15) is 0 Å². The molecule has 2 N–H and O–H groups in total. The first kappa shape index (κ1) is 12.6. The molecular weight excluding hydrogens is 230 g/mol. The molecule has 1 aromatic carbocycles. The fraction of sp³-hybridized carbons (Fsp3) is 0.385. The van der Waals surface area contributed by atoms with E-state index in [0.717, 1.165) is 17.7 Å². The predicted molar refractivity (Wildman–Crippen MR) is 69.2 cm³/mol. The first-order valence-electron chi connectivity index (χ1n) is 5.95. The van der Waals surface area contributed by atoms with Crippen LogP contribution in [0.25, 0.3) is 0 Å². The number of carbonyl (C=O) groups is 2. The summed E-state index contributed by atoms with van der Waals surface area (Å²) < 4.78 is 0. The molecule has 2 rings (SSSR count). The van der Waals surface area contributed by atoms with Crippen LogP contribution in [0.5, 0.6) is 0 Å². The van der Waals surface area contributed by atoms with Crippen molar-refractivity contribution in [1.29, 1.82) is 0 Å². The summed E-state index contributed by atoms with van der Waals surface area (Å²) in [7, 11) is 1.52. The maximum Gasteiger partial charge on any atom is 0.248 e. The van der Waals surface area contributed by atoms with E-state index in [1.54, 1.807) is 4.90 Å². The summed E-state index contributed by atoms with van der Waals surface area (Å²) in [5.74, 6) is -0.342. The van der Waals surface area contributed by atoms with Crippen LogP contribution in [0.4, 0.5) is 5.69 Å². The molecule has 5 nitrogen and oxygen atoms in total. The molecule has 2 amide bonds. The lowest BCUT2D eigenvalue weighted by Crippen LogP contribution is -2.52. The Kier molecular flexibility index (Phi) is 3.62. The molecule has 0 aliphatic carbocycles. The average Bonchev–Trinajstić information content (AvgIpc) is 2.36. The Morgan fingerprint density at radius 3 is 2.50 bits per heavy atom. The Bertz CT molecular complexity index is 455. The Labute approximate surface area is 106 Å². The van der Waals surface area contributed by atoms with Crippen LogP contribution in [-0.2, 0) is 16.0 Å². The van der Waals surface area contributed by atoms with Crippen molar-refractivity contribution in [2.45, 2.75) is 6.42 Å². The number of imide groups is 1. The zero-order chi connectivity index (χ0) is 13.1. The zero-order valence-corrected chi connectivity index (χ0v) is 10.4. The molecule has 0 atom stereocenters. The fourth-order valence-corrected chi connectivity index (χ4v) is 1.99. The molecule has 1 fully saturated rings. The van der Waals surface area contributed by atoms with Crippen molar-refractivity contribution in [2.24, 2.45) is 5.73 Å². The number of benzene rings is 1. The van der Waals surface area contributed by atoms with Gasteiger partial charge < -0.3 is 10.6 Å². The molecule has 0 aromatic heterocycles. The third kappa shape index (κ3) is 2.51. The lowest BCUT2D eigenvalue weighted by Gasteiger charge is -2.32. The fourth-order valence-electron chi connectivity index (χ4n) is 1.99. The molecular formula is C13H17N3O2. The SMILES string of the molecule is CN1C(=O)CN(c2cccc(CCN)c2)CC1=O. The molecule has 1 heterocycles. The van der Waals surface area contributed by atoms with Gasteiger partial charge in [0.05, 0.1) is 13.1 Å². The largest absolute Gasteiger partial charge is 0.353 e. The van der Waals surface area contributed by atoms with Crippen LogP contribution in [0.3, 0.4) is 0 Å². The van der Waals surface area contributed by atoms with Crippen LogP contribution < -0.4 is 10.6 Å². The van der Waals surface area contributed by atoms with Gasteiger partial charge in [0, 0.05) is 12.7 Å². The number of nitrogens with two attached hydrogens (primary N) is 1. The van der Waals surface area contributed by atoms with Crippen LogP contribution in [0.15, 0.2) is 24.3 Å². The summed E-state index contributed by atoms with van der Waals surface area (Å²) in [5, 5.41) is 0. The molecule has 0 unspecified atom stereocenters. The Morgan fingerprint density at radius 2 is 1.89 bits per heavy atom. The van der Waals surface area contributed by atoms with E-state index in [-0.39, 0.29) is 24.9 Å². The molecule has 18 heavy (non-hydrogen) atoms. The second kappa shape index (κ2) is 5.18. The van der Waals surface area contributed by atoms with Crippen LogP contribution in [-0.4, -0.2) is 43.4 Å². The Hall–Kier alpha value is -1.88. The van der Waals surface area contributed by atoms with Crippen molar-refractivity contribution in [2.75, 3.05) is 31.6 Å². The number of hydrogen-bond donors (Lipinski definition) is 1. The lowest BCUT2D eigenvalue weighted by atomic mass is 10.1. The first-order chi connectivity index (χ1) is 8.61. The average molecular weight is 247 g/mol. The molecule has 1 saturated heterocycles. The molecule has 0 saturated carbocycles. The van der Waals surface area contributed by atoms with Gasteiger partial charge in [-0.1, -0.05) is 12.1 Å². The molecule has 1 aliphatic heterocycles. The maximum atomic E-state index is 11.6. The highest BCUT2D eigenvalue weighted by molar-refractivity contribution is 6.02. The second-order valence-electron chi connectivity index (χ2n) is 4.41. The third-order valence-corrected chi connectivity index (χ3v) is 3.11. The highest BCUT2D eigenvalue weighted by Gasteiger charge is 2.28. The normalized spacial score (nSPS) is 16.3. The third-order valence-electron chi connectivity index (χ3n) is 3.11. The number of likely N-dealkylation sites (N-methyl/N-ethyl adjacent to an activating group) is 1. The topological polar surface area (TPSA) is 66.6 Å². The number of rotatable bonds is 3. The standard InChI is InChI=1S/C13H17N3O2/c1-15-12(17)8-16(9-13(15)18)11-4-2-3-10(7-11)5-6-14/h2-4,7H,5-6,8-9,14H2,1H3. The maximum absolute atomic E-state index is 11.6. The smallest absolute Gasteiger partial charge is 0.248 e. The first-order valence-corrected chi connectivity index (χ1v) is 5.95. The molecule has 5 heteroatoms. The Morgan fingerprint density at radius 1 is 1.22 bits per heavy atom. The second-order valence-corrected chi connectivity index (χ2v) is 4.41. The van der Waals surface area contributed by atoms with Gasteiger partial charge >= 0.3 is 0 Å². The number of hydrogen-bond acceptors (Lipinski definition) is 4. The van der Waals surface area contributed by atoms with E-state index < -0.39 is 0 Å². The lowest BCUT2D eigenvalue weighted by molar-refractivity contribution is -0.143. The summed E-state index contributed by atoms with van der Waals surface area (Å²) in [6.07, 6.45) is 0.795. The van der Waals surface area contributed by atoms with E-state index in [2.05, 4.69) is 0 Å². The Balaban J connectivity index is 2.19. The van der Waals surface area contributed by atoms with Crippen molar-refractivity contribution < 1.29 is 9.59 Å². The summed E-state index contributed by atoms with van der Waals surface area (Å²) >= 11 is 0. The zero-order valence-electron chi connectivity index (χ0n) is 10.4. The van der Waals surface area contributed by atoms with Crippen molar-refractivity contribution in [1.82, 2.24) is 4.90 Å². The van der Waals surface area contributed by atoms with E-state index in [9.17, 15) is 9.59 Å². The van der Waals surface area contributed by atoms with Gasteiger partial charge in [-0.05, 0) is 30.7 Å². The van der Waals surface area contributed by atoms with Crippen LogP contribution in [0.2, 0.25) is 0 Å². The number of anilines is 1. The minimum atomic E-state index is -0.171. The summed E-state index contributed by atoms with van der Waals surface area (Å²) in [6, 6.07) is 7.81. The number of piperazine rings is 1. The monoisotopic (exact) mass is 247 g/mol.